The van der Waals surface area contributed by atoms with Crippen molar-refractivity contribution < 1.29 is 4.79 Å². The molecule has 1 amide bonds. The molecule has 158 valence electrons. The maximum Gasteiger partial charge on any atom is 0.266 e. The second-order valence-electron chi connectivity index (χ2n) is 7.79. The van der Waals surface area contributed by atoms with E-state index in [-0.39, 0.29) is 11.5 Å². The number of amides is 1. The van der Waals surface area contributed by atoms with Gasteiger partial charge in [-0.1, -0.05) is 12.1 Å². The van der Waals surface area contributed by atoms with E-state index < -0.39 is 0 Å². The predicted octanol–water partition coefficient (Wildman–Crippen LogP) is 3.70. The van der Waals surface area contributed by atoms with Gasteiger partial charge in [0.2, 0.25) is 0 Å². The van der Waals surface area contributed by atoms with Crippen LogP contribution in [0.25, 0.3) is 27.1 Å². The highest BCUT2D eigenvalue weighted by molar-refractivity contribution is 7.20. The van der Waals surface area contributed by atoms with Crippen LogP contribution in [0.1, 0.15) is 27.5 Å². The van der Waals surface area contributed by atoms with Crippen LogP contribution in [0.15, 0.2) is 53.7 Å². The summed E-state index contributed by atoms with van der Waals surface area (Å²) < 4.78 is 3.63. The third kappa shape index (κ3) is 2.85. The van der Waals surface area contributed by atoms with Gasteiger partial charge in [0.1, 0.15) is 22.8 Å². The molecule has 0 saturated heterocycles. The minimum absolute atomic E-state index is 0.0473. The van der Waals surface area contributed by atoms with Crippen molar-refractivity contribution in [2.24, 2.45) is 0 Å². The molecule has 1 N–H and O–H groups in total. The highest BCUT2D eigenvalue weighted by Gasteiger charge is 2.23. The molecule has 1 aromatic carbocycles. The summed E-state index contributed by atoms with van der Waals surface area (Å²) in [7, 11) is 0. The number of nitrogens with zero attached hydrogens (tertiary/aromatic N) is 5. The van der Waals surface area contributed by atoms with E-state index in [0.717, 1.165) is 29.7 Å². The molecule has 0 atom stereocenters. The lowest BCUT2D eigenvalue weighted by atomic mass is 10.2. The van der Waals surface area contributed by atoms with E-state index in [0.29, 0.717) is 38.7 Å². The number of nitrogens with one attached hydrogen (secondary N) is 1. The summed E-state index contributed by atoms with van der Waals surface area (Å²) in [6.45, 7) is 2.50. The van der Waals surface area contributed by atoms with Crippen molar-refractivity contribution in [1.29, 1.82) is 0 Å². The Morgan fingerprint density at radius 1 is 1.16 bits per heavy atom. The Labute approximate surface area is 186 Å². The van der Waals surface area contributed by atoms with Gasteiger partial charge in [0.05, 0.1) is 33.2 Å². The normalized spacial score (nSPS) is 13.0. The summed E-state index contributed by atoms with van der Waals surface area (Å²) in [4.78, 5) is 40.5. The average molecular weight is 443 g/mol. The standard InChI is InChI=1S/C23H18N6O2S/c1-13-19-22(27-18-7-4-10-28(18)23(19)31)32-20(13)21(30)26-14-8-9-17(24-11-14)29-12-25-15-5-2-3-6-16(15)29/h2-3,5-6,8-9,11-12H,4,7,10H2,1H3,(H,26,30). The lowest BCUT2D eigenvalue weighted by Crippen LogP contribution is -2.20. The van der Waals surface area contributed by atoms with Crippen LogP contribution in [-0.4, -0.2) is 30.0 Å². The van der Waals surface area contributed by atoms with E-state index in [1.54, 1.807) is 23.2 Å². The molecule has 1 aliphatic heterocycles. The van der Waals surface area contributed by atoms with Crippen molar-refractivity contribution in [3.05, 3.63) is 75.5 Å². The van der Waals surface area contributed by atoms with Crippen LogP contribution in [0.3, 0.4) is 0 Å². The SMILES string of the molecule is Cc1c(C(=O)Nc2ccc(-n3cnc4ccccc43)nc2)sc2nc3n(c(=O)c12)CCC3. The number of anilines is 1. The predicted molar refractivity (Wildman–Crippen MR) is 124 cm³/mol. The van der Waals surface area contributed by atoms with Crippen LogP contribution in [0, 0.1) is 6.92 Å². The largest absolute Gasteiger partial charge is 0.320 e. The fraction of sp³-hybridized carbons (Fsp3) is 0.174. The molecule has 0 aliphatic carbocycles. The minimum Gasteiger partial charge on any atom is -0.320 e. The Balaban J connectivity index is 1.30. The molecule has 9 heteroatoms. The van der Waals surface area contributed by atoms with Crippen molar-refractivity contribution in [3.63, 3.8) is 0 Å². The minimum atomic E-state index is -0.266. The van der Waals surface area contributed by atoms with Crippen molar-refractivity contribution >= 4 is 44.2 Å². The number of para-hydroxylation sites is 2. The second-order valence-corrected chi connectivity index (χ2v) is 8.79. The number of aromatic nitrogens is 5. The van der Waals surface area contributed by atoms with Crippen LogP contribution in [0.5, 0.6) is 0 Å². The second kappa shape index (κ2) is 7.10. The van der Waals surface area contributed by atoms with Crippen LogP contribution < -0.4 is 10.9 Å². The molecule has 0 radical (unpaired) electrons. The highest BCUT2D eigenvalue weighted by atomic mass is 32.1. The molecule has 4 aromatic heterocycles. The first-order valence-corrected chi connectivity index (χ1v) is 11.1. The van der Waals surface area contributed by atoms with Gasteiger partial charge in [-0.25, -0.2) is 15.0 Å². The van der Waals surface area contributed by atoms with Crippen LogP contribution in [0.4, 0.5) is 5.69 Å². The Bertz CT molecular complexity index is 1580. The maximum atomic E-state index is 13.0. The Kier molecular flexibility index (Phi) is 4.19. The molecule has 5 aromatic rings. The monoisotopic (exact) mass is 442 g/mol. The molecule has 1 aliphatic rings. The summed E-state index contributed by atoms with van der Waals surface area (Å²) in [5.41, 5.74) is 3.06. The van der Waals surface area contributed by atoms with Crippen LogP contribution >= 0.6 is 11.3 Å². The quantitative estimate of drug-likeness (QED) is 0.460. The first-order valence-electron chi connectivity index (χ1n) is 10.3. The maximum absolute atomic E-state index is 13.0. The fourth-order valence-corrected chi connectivity index (χ4v) is 5.31. The van der Waals surface area contributed by atoms with E-state index in [1.165, 1.54) is 11.3 Å². The van der Waals surface area contributed by atoms with E-state index in [4.69, 9.17) is 0 Å². The number of hydrogen-bond acceptors (Lipinski definition) is 6. The topological polar surface area (TPSA) is 94.7 Å². The van der Waals surface area contributed by atoms with Gasteiger partial charge in [-0.15, -0.1) is 11.3 Å². The van der Waals surface area contributed by atoms with Gasteiger partial charge in [-0.3, -0.25) is 18.7 Å². The number of carbonyl (C=O) groups excluding carboxylic acids is 1. The van der Waals surface area contributed by atoms with Gasteiger partial charge < -0.3 is 5.32 Å². The molecular formula is C23H18N6O2S. The zero-order valence-corrected chi connectivity index (χ0v) is 18.0. The number of fused-ring (bicyclic) bond motifs is 3. The highest BCUT2D eigenvalue weighted by Crippen LogP contribution is 2.29. The molecule has 0 spiro atoms. The molecule has 0 unspecified atom stereocenters. The van der Waals surface area contributed by atoms with Gasteiger partial charge in [0.15, 0.2) is 0 Å². The fourth-order valence-electron chi connectivity index (χ4n) is 4.22. The van der Waals surface area contributed by atoms with Crippen LogP contribution in [-0.2, 0) is 13.0 Å². The Hall–Kier alpha value is -3.85. The van der Waals surface area contributed by atoms with Crippen molar-refractivity contribution in [3.8, 4) is 5.82 Å². The zero-order valence-electron chi connectivity index (χ0n) is 17.2. The first-order chi connectivity index (χ1) is 15.6. The van der Waals surface area contributed by atoms with Gasteiger partial charge in [0.25, 0.3) is 11.5 Å². The molecule has 6 rings (SSSR count). The lowest BCUT2D eigenvalue weighted by molar-refractivity contribution is 0.103. The van der Waals surface area contributed by atoms with Crippen LogP contribution in [0.2, 0.25) is 0 Å². The summed E-state index contributed by atoms with van der Waals surface area (Å²) in [5.74, 6) is 1.25. The lowest BCUT2D eigenvalue weighted by Gasteiger charge is -2.07. The zero-order chi connectivity index (χ0) is 21.8. The van der Waals surface area contributed by atoms with E-state index in [1.807, 2.05) is 41.8 Å². The van der Waals surface area contributed by atoms with Gasteiger partial charge in [0, 0.05) is 13.0 Å². The molecule has 32 heavy (non-hydrogen) atoms. The van der Waals surface area contributed by atoms with Crippen molar-refractivity contribution in [1.82, 2.24) is 24.1 Å². The Morgan fingerprint density at radius 2 is 2.03 bits per heavy atom. The van der Waals surface area contributed by atoms with Gasteiger partial charge >= 0.3 is 0 Å². The smallest absolute Gasteiger partial charge is 0.266 e. The third-order valence-electron chi connectivity index (χ3n) is 5.82. The summed E-state index contributed by atoms with van der Waals surface area (Å²) in [6, 6.07) is 11.5. The Morgan fingerprint density at radius 3 is 2.88 bits per heavy atom. The van der Waals surface area contributed by atoms with E-state index in [9.17, 15) is 9.59 Å². The summed E-state index contributed by atoms with van der Waals surface area (Å²) in [6.07, 6.45) is 5.08. The number of thiophene rings is 1. The summed E-state index contributed by atoms with van der Waals surface area (Å²) in [5, 5.41) is 3.44. The number of rotatable bonds is 3. The summed E-state index contributed by atoms with van der Waals surface area (Å²) >= 11 is 1.26. The molecular weight excluding hydrogens is 424 g/mol. The number of hydrogen-bond donors (Lipinski definition) is 1. The van der Waals surface area contributed by atoms with E-state index >= 15 is 0 Å². The molecule has 0 fully saturated rings. The molecule has 5 heterocycles. The molecule has 0 saturated carbocycles. The van der Waals surface area contributed by atoms with Gasteiger partial charge in [-0.05, 0) is 43.2 Å². The molecule has 8 nitrogen and oxygen atoms in total. The average Bonchev–Trinajstić information content (AvgIpc) is 3.52. The molecule has 0 bridgehead atoms. The van der Waals surface area contributed by atoms with Crippen molar-refractivity contribution in [2.45, 2.75) is 26.3 Å². The van der Waals surface area contributed by atoms with Gasteiger partial charge in [-0.2, -0.15) is 0 Å². The number of benzene rings is 1. The van der Waals surface area contributed by atoms with Crippen molar-refractivity contribution in [2.75, 3.05) is 5.32 Å². The number of imidazole rings is 1. The first kappa shape index (κ1) is 18.9. The number of pyridine rings is 1. The number of carbonyl (C=O) groups is 1. The number of aryl methyl sites for hydroxylation is 2. The van der Waals surface area contributed by atoms with E-state index in [2.05, 4.69) is 20.3 Å². The third-order valence-corrected chi connectivity index (χ3v) is 7.01.